The molecule has 0 aliphatic heterocycles. The number of anilines is 1. The number of aromatic nitrogens is 4. The highest BCUT2D eigenvalue weighted by Gasteiger charge is 2.12. The van der Waals surface area contributed by atoms with Gasteiger partial charge in [-0.1, -0.05) is 18.2 Å². The van der Waals surface area contributed by atoms with Gasteiger partial charge in [-0.2, -0.15) is 14.9 Å². The van der Waals surface area contributed by atoms with Crippen LogP contribution in [0.25, 0.3) is 0 Å². The van der Waals surface area contributed by atoms with E-state index in [-0.39, 0.29) is 11.7 Å². The van der Waals surface area contributed by atoms with E-state index in [1.165, 1.54) is 6.21 Å². The van der Waals surface area contributed by atoms with E-state index in [0.717, 1.165) is 20.6 Å². The molecule has 0 aliphatic rings. The maximum Gasteiger partial charge on any atom is 0.367 e. The largest absolute Gasteiger partial charge is 0.367 e. The van der Waals surface area contributed by atoms with Crippen molar-refractivity contribution in [2.24, 2.45) is 5.10 Å². The maximum atomic E-state index is 12.4. The van der Waals surface area contributed by atoms with Crippen LogP contribution in [0.3, 0.4) is 0 Å². The second-order valence-corrected chi connectivity index (χ2v) is 6.23. The van der Waals surface area contributed by atoms with Crippen molar-refractivity contribution in [3.05, 3.63) is 76.7 Å². The number of nitrogens with zero attached hydrogens (tertiary/aromatic N) is 5. The number of pyridine rings is 1. The number of carbonyl (C=O) groups excluding carboxylic acids is 1. The summed E-state index contributed by atoms with van der Waals surface area (Å²) >= 11 is 5.10. The van der Waals surface area contributed by atoms with Gasteiger partial charge in [0.05, 0.1) is 6.21 Å². The molecule has 3 rings (SSSR count). The summed E-state index contributed by atoms with van der Waals surface area (Å²) in [5.74, 6) is -0.144. The highest BCUT2D eigenvalue weighted by Crippen LogP contribution is 2.03. The Morgan fingerprint density at radius 2 is 1.90 bits per heavy atom. The van der Waals surface area contributed by atoms with E-state index < -0.39 is 11.6 Å². The molecule has 1 amide bonds. The molecule has 2 aromatic heterocycles. The van der Waals surface area contributed by atoms with Gasteiger partial charge in [-0.25, -0.2) is 9.48 Å². The van der Waals surface area contributed by atoms with Gasteiger partial charge in [0.2, 0.25) is 0 Å². The average molecular weight is 410 g/mol. The first-order chi connectivity index (χ1) is 14.0. The second kappa shape index (κ2) is 9.37. The van der Waals surface area contributed by atoms with Gasteiger partial charge in [-0.15, -0.1) is 0 Å². The predicted octanol–water partition coefficient (Wildman–Crippen LogP) is 0.648. The van der Waals surface area contributed by atoms with E-state index in [4.69, 9.17) is 12.2 Å². The highest BCUT2D eigenvalue weighted by atomic mass is 32.1. The molecule has 0 radical (unpaired) electrons. The number of hydrogen-bond acceptors (Lipinski definition) is 6. The fraction of sp³-hybridized carbons (Fsp3) is 0.111. The minimum absolute atomic E-state index is 0.209. The predicted molar refractivity (Wildman–Crippen MR) is 112 cm³/mol. The topological polar surface area (TPSA) is 118 Å². The lowest BCUT2D eigenvalue weighted by molar-refractivity contribution is -0.122. The van der Waals surface area contributed by atoms with E-state index in [2.05, 4.69) is 31.4 Å². The van der Waals surface area contributed by atoms with Gasteiger partial charge >= 0.3 is 5.69 Å². The van der Waals surface area contributed by atoms with E-state index in [9.17, 15) is 9.59 Å². The third kappa shape index (κ3) is 5.56. The molecule has 0 saturated heterocycles. The quantitative estimate of drug-likeness (QED) is 0.321. The lowest BCUT2D eigenvalue weighted by Crippen LogP contribution is -2.46. The molecule has 0 fully saturated rings. The lowest BCUT2D eigenvalue weighted by Gasteiger charge is -2.11. The Morgan fingerprint density at radius 3 is 2.62 bits per heavy atom. The summed E-state index contributed by atoms with van der Waals surface area (Å²) in [5.41, 5.74) is 6.01. The van der Waals surface area contributed by atoms with Crippen molar-refractivity contribution < 1.29 is 4.79 Å². The number of carbonyl (C=O) groups is 1. The summed E-state index contributed by atoms with van der Waals surface area (Å²) in [6.07, 6.45) is 4.75. The Balaban J connectivity index is 1.57. The zero-order valence-corrected chi connectivity index (χ0v) is 16.3. The minimum Gasteiger partial charge on any atom is -0.331 e. The summed E-state index contributed by atoms with van der Waals surface area (Å²) in [6.45, 7) is 1.33. The number of nitrogens with one attached hydrogen (secondary N) is 3. The first kappa shape index (κ1) is 19.9. The molecule has 11 heteroatoms. The fourth-order valence-electron chi connectivity index (χ4n) is 2.30. The Labute approximate surface area is 171 Å². The van der Waals surface area contributed by atoms with Crippen LogP contribution in [0.5, 0.6) is 0 Å². The number of hydrazine groups is 1. The number of amides is 1. The molecule has 0 atom stereocenters. The second-order valence-electron chi connectivity index (χ2n) is 5.82. The van der Waals surface area contributed by atoms with Crippen LogP contribution >= 0.6 is 12.2 Å². The van der Waals surface area contributed by atoms with Crippen LogP contribution < -0.4 is 21.9 Å². The number of hydrogen-bond donors (Lipinski definition) is 3. The minimum atomic E-state index is -0.534. The van der Waals surface area contributed by atoms with Crippen LogP contribution in [0.15, 0.2) is 64.8 Å². The number of aryl methyl sites for hydroxylation is 1. The van der Waals surface area contributed by atoms with Crippen molar-refractivity contribution in [3.8, 4) is 0 Å². The number of rotatable bonds is 5. The van der Waals surface area contributed by atoms with Crippen molar-refractivity contribution in [2.45, 2.75) is 13.5 Å². The van der Waals surface area contributed by atoms with E-state index in [0.29, 0.717) is 5.82 Å². The SMILES string of the molecule is Cc1nn(CC(=O)NNC(=S)Nc2ccccc2)c(=O)n1/N=C/c1ccncc1. The standard InChI is InChI=1S/C18H18N8O2S/c1-13-24-25(18(28)26(13)20-11-14-7-9-19-10-8-14)12-16(27)22-23-17(29)21-15-5-3-2-4-6-15/h2-11H,12H2,1H3,(H,22,27)(H2,21,23,29)/b20-11+. The molecule has 2 heterocycles. The number of benzene rings is 1. The van der Waals surface area contributed by atoms with Crippen molar-refractivity contribution in [1.29, 1.82) is 0 Å². The summed E-state index contributed by atoms with van der Waals surface area (Å²) in [7, 11) is 0. The van der Waals surface area contributed by atoms with Crippen molar-refractivity contribution in [1.82, 2.24) is 30.3 Å². The molecule has 10 nitrogen and oxygen atoms in total. The van der Waals surface area contributed by atoms with Gasteiger partial charge in [0.25, 0.3) is 5.91 Å². The van der Waals surface area contributed by atoms with Crippen LogP contribution in [0.1, 0.15) is 11.4 Å². The molecule has 0 saturated carbocycles. The van der Waals surface area contributed by atoms with Crippen LogP contribution in [0, 0.1) is 6.92 Å². The Hall–Kier alpha value is -3.86. The smallest absolute Gasteiger partial charge is 0.331 e. The summed E-state index contributed by atoms with van der Waals surface area (Å²) in [6, 6.07) is 12.7. The van der Waals surface area contributed by atoms with Gasteiger partial charge in [-0.05, 0) is 49.0 Å². The maximum absolute atomic E-state index is 12.4. The van der Waals surface area contributed by atoms with Gasteiger partial charge in [-0.3, -0.25) is 20.6 Å². The Bertz CT molecular complexity index is 1080. The zero-order valence-electron chi connectivity index (χ0n) is 15.4. The zero-order chi connectivity index (χ0) is 20.6. The van der Waals surface area contributed by atoms with Crippen molar-refractivity contribution in [3.63, 3.8) is 0 Å². The lowest BCUT2D eigenvalue weighted by atomic mass is 10.3. The average Bonchev–Trinajstić information content (AvgIpc) is 2.99. The molecule has 0 aliphatic carbocycles. The molecular weight excluding hydrogens is 392 g/mol. The van der Waals surface area contributed by atoms with Crippen LogP contribution in [0.4, 0.5) is 5.69 Å². The summed E-state index contributed by atoms with van der Waals surface area (Å²) < 4.78 is 2.13. The molecule has 3 aromatic rings. The third-order valence-electron chi connectivity index (χ3n) is 3.64. The molecule has 3 N–H and O–H groups in total. The molecule has 0 unspecified atom stereocenters. The van der Waals surface area contributed by atoms with Gasteiger partial charge in [0.15, 0.2) is 10.9 Å². The molecular formula is C18H18N8O2S. The van der Waals surface area contributed by atoms with Gasteiger partial charge in [0.1, 0.15) is 6.54 Å². The molecule has 148 valence electrons. The van der Waals surface area contributed by atoms with Crippen LogP contribution in [0.2, 0.25) is 0 Å². The van der Waals surface area contributed by atoms with E-state index in [1.54, 1.807) is 31.5 Å². The Morgan fingerprint density at radius 1 is 1.17 bits per heavy atom. The summed E-state index contributed by atoms with van der Waals surface area (Å²) in [4.78, 5) is 28.4. The number of para-hydroxylation sites is 1. The van der Waals surface area contributed by atoms with Crippen molar-refractivity contribution >= 4 is 35.1 Å². The molecule has 1 aromatic carbocycles. The molecule has 0 spiro atoms. The monoisotopic (exact) mass is 410 g/mol. The molecule has 0 bridgehead atoms. The highest BCUT2D eigenvalue weighted by molar-refractivity contribution is 7.80. The fourth-order valence-corrected chi connectivity index (χ4v) is 2.47. The van der Waals surface area contributed by atoms with E-state index >= 15 is 0 Å². The molecule has 29 heavy (non-hydrogen) atoms. The normalized spacial score (nSPS) is 10.7. The van der Waals surface area contributed by atoms with Gasteiger partial charge < -0.3 is 5.32 Å². The number of thiocarbonyl (C=S) groups is 1. The van der Waals surface area contributed by atoms with Gasteiger partial charge in [0, 0.05) is 18.1 Å². The Kier molecular flexibility index (Phi) is 6.43. The summed E-state index contributed by atoms with van der Waals surface area (Å²) in [5, 5.41) is 11.3. The van der Waals surface area contributed by atoms with Crippen LogP contribution in [-0.4, -0.2) is 36.7 Å². The first-order valence-electron chi connectivity index (χ1n) is 8.54. The van der Waals surface area contributed by atoms with Crippen molar-refractivity contribution in [2.75, 3.05) is 5.32 Å². The third-order valence-corrected chi connectivity index (χ3v) is 3.85. The van der Waals surface area contributed by atoms with Crippen LogP contribution in [-0.2, 0) is 11.3 Å². The first-order valence-corrected chi connectivity index (χ1v) is 8.95. The van der Waals surface area contributed by atoms with E-state index in [1.807, 2.05) is 30.3 Å².